The minimum Gasteiger partial charge on any atom is -0.392 e. The summed E-state index contributed by atoms with van der Waals surface area (Å²) in [6.07, 6.45) is 15.6. The number of hydrogen-bond donors (Lipinski definition) is 2. The van der Waals surface area contributed by atoms with Gasteiger partial charge in [-0.3, -0.25) is 0 Å². The van der Waals surface area contributed by atoms with E-state index in [0.717, 1.165) is 19.3 Å². The predicted octanol–water partition coefficient (Wildman–Crippen LogP) is 3.35. The highest BCUT2D eigenvalue weighted by molar-refractivity contribution is 5.14. The zero-order chi connectivity index (χ0) is 13.7. The molecule has 1 heterocycles. The van der Waals surface area contributed by atoms with Crippen molar-refractivity contribution in [3.05, 3.63) is 37.5 Å². The van der Waals surface area contributed by atoms with E-state index in [1.807, 2.05) is 12.2 Å². The summed E-state index contributed by atoms with van der Waals surface area (Å²) in [5, 5.41) is 14.2. The Morgan fingerprint density at radius 3 is 2.63 bits per heavy atom. The molecule has 2 nitrogen and oxygen atoms in total. The van der Waals surface area contributed by atoms with Gasteiger partial charge in [-0.1, -0.05) is 37.3 Å². The van der Waals surface area contributed by atoms with Crippen LogP contribution < -0.4 is 5.32 Å². The summed E-state index contributed by atoms with van der Waals surface area (Å²) in [6, 6.07) is 0.524. The van der Waals surface area contributed by atoms with Gasteiger partial charge in [0.05, 0.1) is 6.10 Å². The Labute approximate surface area is 117 Å². The molecule has 2 heteroatoms. The Morgan fingerprint density at radius 1 is 1.21 bits per heavy atom. The van der Waals surface area contributed by atoms with Crippen molar-refractivity contribution >= 4 is 0 Å². The summed E-state index contributed by atoms with van der Waals surface area (Å²) in [4.78, 5) is 0. The molecule has 1 spiro atoms. The summed E-state index contributed by atoms with van der Waals surface area (Å²) in [7, 11) is 0. The largest absolute Gasteiger partial charge is 0.392 e. The lowest BCUT2D eigenvalue weighted by atomic mass is 9.66. The summed E-state index contributed by atoms with van der Waals surface area (Å²) in [5.74, 6) is 0.215. The van der Waals surface area contributed by atoms with Crippen LogP contribution in [0.3, 0.4) is 0 Å². The first-order chi connectivity index (χ1) is 9.22. The van der Waals surface area contributed by atoms with Gasteiger partial charge < -0.3 is 10.4 Å². The van der Waals surface area contributed by atoms with Gasteiger partial charge in [0.25, 0.3) is 0 Å². The average molecular weight is 261 g/mol. The maximum Gasteiger partial charge on any atom is 0.0620 e. The fourth-order valence-electron chi connectivity index (χ4n) is 3.90. The molecule has 19 heavy (non-hydrogen) atoms. The van der Waals surface area contributed by atoms with Crippen molar-refractivity contribution in [1.82, 2.24) is 5.32 Å². The van der Waals surface area contributed by atoms with E-state index in [-0.39, 0.29) is 17.6 Å². The van der Waals surface area contributed by atoms with E-state index in [1.54, 1.807) is 6.08 Å². The van der Waals surface area contributed by atoms with E-state index < -0.39 is 0 Å². The Hall–Kier alpha value is -0.860. The number of allylic oxidation sites excluding steroid dienone is 2. The molecule has 4 atom stereocenters. The number of rotatable bonds is 4. The fourth-order valence-corrected chi connectivity index (χ4v) is 3.90. The van der Waals surface area contributed by atoms with Crippen LogP contribution in [0.5, 0.6) is 0 Å². The molecule has 2 fully saturated rings. The first-order valence-electron chi connectivity index (χ1n) is 7.58. The molecule has 0 bridgehead atoms. The first kappa shape index (κ1) is 14.5. The minimum atomic E-state index is -0.222. The zero-order valence-corrected chi connectivity index (χ0v) is 11.9. The highest BCUT2D eigenvalue weighted by atomic mass is 16.3. The molecule has 1 saturated heterocycles. The second-order valence-corrected chi connectivity index (χ2v) is 6.02. The topological polar surface area (TPSA) is 32.3 Å². The molecule has 1 aliphatic heterocycles. The molecular formula is C17H27NO. The molecule has 2 rings (SSSR count). The van der Waals surface area contributed by atoms with Gasteiger partial charge in [-0.05, 0) is 38.5 Å². The van der Waals surface area contributed by atoms with E-state index in [0.29, 0.717) is 6.04 Å². The standard InChI is InChI=1S/C17H27NO/c1-3-5-10-15-16(19)11-7-13-17(15)12-6-9-14(18-17)8-4-2/h3-5,10,14-16,18-19H,1-2,6-9,11-13H2. The number of aliphatic hydroxyl groups is 1. The lowest BCUT2D eigenvalue weighted by Crippen LogP contribution is -2.61. The molecule has 0 amide bonds. The van der Waals surface area contributed by atoms with E-state index in [4.69, 9.17) is 0 Å². The highest BCUT2D eigenvalue weighted by Gasteiger charge is 2.45. The predicted molar refractivity (Wildman–Crippen MR) is 81.0 cm³/mol. The van der Waals surface area contributed by atoms with Crippen molar-refractivity contribution in [2.75, 3.05) is 0 Å². The van der Waals surface area contributed by atoms with E-state index in [1.165, 1.54) is 25.7 Å². The van der Waals surface area contributed by atoms with Gasteiger partial charge >= 0.3 is 0 Å². The summed E-state index contributed by atoms with van der Waals surface area (Å²) in [6.45, 7) is 7.60. The normalized spacial score (nSPS) is 39.5. The lowest BCUT2D eigenvalue weighted by Gasteiger charge is -2.51. The molecule has 2 aliphatic rings. The van der Waals surface area contributed by atoms with Crippen molar-refractivity contribution in [2.24, 2.45) is 5.92 Å². The van der Waals surface area contributed by atoms with Gasteiger partial charge in [-0.2, -0.15) is 0 Å². The molecule has 0 aromatic heterocycles. The van der Waals surface area contributed by atoms with Crippen LogP contribution in [-0.4, -0.2) is 22.8 Å². The van der Waals surface area contributed by atoms with Crippen LogP contribution in [-0.2, 0) is 0 Å². The Morgan fingerprint density at radius 2 is 1.95 bits per heavy atom. The Bertz CT molecular complexity index is 345. The number of aliphatic hydroxyl groups excluding tert-OH is 1. The van der Waals surface area contributed by atoms with Crippen LogP contribution in [0.15, 0.2) is 37.5 Å². The Balaban J connectivity index is 2.18. The number of hydrogen-bond acceptors (Lipinski definition) is 2. The quantitative estimate of drug-likeness (QED) is 0.601. The SMILES string of the molecule is C=CC=CC1C(O)CCCC12CCCC(CC=C)N2. The molecule has 2 N–H and O–H groups in total. The van der Waals surface area contributed by atoms with Crippen LogP contribution in [0, 0.1) is 5.92 Å². The van der Waals surface area contributed by atoms with Crippen LogP contribution in [0.4, 0.5) is 0 Å². The third kappa shape index (κ3) is 3.18. The third-order valence-electron chi connectivity index (χ3n) is 4.75. The monoisotopic (exact) mass is 261 g/mol. The average Bonchev–Trinajstić information content (AvgIpc) is 2.39. The van der Waals surface area contributed by atoms with E-state index >= 15 is 0 Å². The van der Waals surface area contributed by atoms with Crippen LogP contribution in [0.1, 0.15) is 44.9 Å². The fraction of sp³-hybridized carbons (Fsp3) is 0.647. The molecule has 4 unspecified atom stereocenters. The van der Waals surface area contributed by atoms with Crippen LogP contribution in [0.2, 0.25) is 0 Å². The maximum absolute atomic E-state index is 10.4. The van der Waals surface area contributed by atoms with Crippen molar-refractivity contribution < 1.29 is 5.11 Å². The summed E-state index contributed by atoms with van der Waals surface area (Å²) in [5.41, 5.74) is 0.0864. The third-order valence-corrected chi connectivity index (χ3v) is 4.75. The molecule has 0 radical (unpaired) electrons. The smallest absolute Gasteiger partial charge is 0.0620 e. The van der Waals surface area contributed by atoms with Gasteiger partial charge in [0, 0.05) is 17.5 Å². The van der Waals surface area contributed by atoms with Crippen molar-refractivity contribution in [2.45, 2.75) is 62.6 Å². The molecule has 0 aromatic carbocycles. The maximum atomic E-state index is 10.4. The van der Waals surface area contributed by atoms with Gasteiger partial charge in [-0.25, -0.2) is 0 Å². The van der Waals surface area contributed by atoms with Gasteiger partial charge in [0.2, 0.25) is 0 Å². The minimum absolute atomic E-state index is 0.0864. The van der Waals surface area contributed by atoms with Gasteiger partial charge in [-0.15, -0.1) is 6.58 Å². The van der Waals surface area contributed by atoms with Crippen LogP contribution >= 0.6 is 0 Å². The molecule has 106 valence electrons. The van der Waals surface area contributed by atoms with Crippen molar-refractivity contribution in [1.29, 1.82) is 0 Å². The lowest BCUT2D eigenvalue weighted by molar-refractivity contribution is 0.00392. The number of nitrogens with one attached hydrogen (secondary N) is 1. The molecule has 1 aliphatic carbocycles. The second-order valence-electron chi connectivity index (χ2n) is 6.02. The summed E-state index contributed by atoms with van der Waals surface area (Å²) < 4.78 is 0. The molecular weight excluding hydrogens is 234 g/mol. The molecule has 1 saturated carbocycles. The highest BCUT2D eigenvalue weighted by Crippen LogP contribution is 2.41. The Kier molecular flexibility index (Phi) is 5.00. The van der Waals surface area contributed by atoms with E-state index in [2.05, 4.69) is 24.6 Å². The van der Waals surface area contributed by atoms with Crippen molar-refractivity contribution in [3.63, 3.8) is 0 Å². The van der Waals surface area contributed by atoms with Crippen LogP contribution in [0.25, 0.3) is 0 Å². The first-order valence-corrected chi connectivity index (χ1v) is 7.58. The molecule has 0 aromatic rings. The second kappa shape index (κ2) is 6.53. The zero-order valence-electron chi connectivity index (χ0n) is 11.9. The van der Waals surface area contributed by atoms with Crippen molar-refractivity contribution in [3.8, 4) is 0 Å². The van der Waals surface area contributed by atoms with Gasteiger partial charge in [0.1, 0.15) is 0 Å². The number of piperidine rings is 1. The summed E-state index contributed by atoms with van der Waals surface area (Å²) >= 11 is 0. The van der Waals surface area contributed by atoms with Gasteiger partial charge in [0.15, 0.2) is 0 Å². The van der Waals surface area contributed by atoms with E-state index in [9.17, 15) is 5.11 Å².